The highest BCUT2D eigenvalue weighted by Gasteiger charge is 2.29. The number of amides is 1. The highest BCUT2D eigenvalue weighted by molar-refractivity contribution is 7.91. The average molecular weight is 393 g/mol. The van der Waals surface area contributed by atoms with Crippen molar-refractivity contribution in [3.63, 3.8) is 0 Å². The average Bonchev–Trinajstić information content (AvgIpc) is 3.12. The molecule has 7 heteroatoms. The predicted octanol–water partition coefficient (Wildman–Crippen LogP) is 3.41. The normalized spacial score (nSPS) is 16.5. The van der Waals surface area contributed by atoms with E-state index in [0.717, 1.165) is 35.3 Å². The number of piperidine rings is 1. The lowest BCUT2D eigenvalue weighted by Crippen LogP contribution is -2.37. The Labute approximate surface area is 159 Å². The molecule has 2 heterocycles. The first-order valence-corrected chi connectivity index (χ1v) is 11.1. The van der Waals surface area contributed by atoms with Gasteiger partial charge >= 0.3 is 0 Å². The topological polar surface area (TPSA) is 66.5 Å². The summed E-state index contributed by atoms with van der Waals surface area (Å²) in [5.74, 6) is 0.319. The number of hydrogen-bond donors (Lipinski definition) is 1. The van der Waals surface area contributed by atoms with Gasteiger partial charge in [0.25, 0.3) is 15.9 Å². The van der Waals surface area contributed by atoms with Crippen LogP contribution in [0.2, 0.25) is 0 Å². The number of carbonyl (C=O) groups excluding carboxylic acids is 1. The predicted molar refractivity (Wildman–Crippen MR) is 104 cm³/mol. The molecule has 140 valence electrons. The van der Waals surface area contributed by atoms with Gasteiger partial charge in [0.1, 0.15) is 4.21 Å². The zero-order valence-corrected chi connectivity index (χ0v) is 16.7. The summed E-state index contributed by atoms with van der Waals surface area (Å²) in [6, 6.07) is 11.0. The number of thiophene rings is 1. The van der Waals surface area contributed by atoms with Crippen LogP contribution in [0.3, 0.4) is 0 Å². The Morgan fingerprint density at radius 1 is 1.19 bits per heavy atom. The van der Waals surface area contributed by atoms with E-state index in [9.17, 15) is 13.2 Å². The maximum Gasteiger partial charge on any atom is 0.261 e. The summed E-state index contributed by atoms with van der Waals surface area (Å²) in [7, 11) is -3.50. The van der Waals surface area contributed by atoms with Crippen molar-refractivity contribution in [1.82, 2.24) is 9.62 Å². The van der Waals surface area contributed by atoms with Crippen LogP contribution in [0.4, 0.5) is 0 Å². The number of carbonyl (C=O) groups is 1. The molecule has 1 amide bonds. The number of hydrogen-bond acceptors (Lipinski definition) is 4. The third-order valence-electron chi connectivity index (χ3n) is 4.84. The molecular formula is C19H24N2O3S2. The summed E-state index contributed by atoms with van der Waals surface area (Å²) in [5, 5.41) is 2.87. The monoisotopic (exact) mass is 392 g/mol. The minimum Gasteiger partial charge on any atom is -0.347 e. The van der Waals surface area contributed by atoms with Crippen LogP contribution in [0, 0.1) is 12.8 Å². The SMILES string of the molecule is Cc1ccccc1CNC(=O)c1ccc(S(=O)(=O)N2CCC(C)CC2)s1. The molecule has 1 aromatic heterocycles. The first-order valence-electron chi connectivity index (χ1n) is 8.80. The molecule has 0 aliphatic carbocycles. The van der Waals surface area contributed by atoms with E-state index >= 15 is 0 Å². The van der Waals surface area contributed by atoms with Crippen molar-refractivity contribution >= 4 is 27.3 Å². The molecule has 1 fully saturated rings. The second kappa shape index (κ2) is 7.90. The molecule has 0 bridgehead atoms. The van der Waals surface area contributed by atoms with Crippen molar-refractivity contribution in [3.05, 3.63) is 52.4 Å². The zero-order chi connectivity index (χ0) is 18.7. The largest absolute Gasteiger partial charge is 0.347 e. The summed E-state index contributed by atoms with van der Waals surface area (Å²) in [5.41, 5.74) is 2.16. The van der Waals surface area contributed by atoms with Gasteiger partial charge in [0.05, 0.1) is 4.88 Å². The molecule has 1 aliphatic heterocycles. The van der Waals surface area contributed by atoms with Crippen LogP contribution in [0.15, 0.2) is 40.6 Å². The highest BCUT2D eigenvalue weighted by Crippen LogP contribution is 2.28. The van der Waals surface area contributed by atoms with Crippen molar-refractivity contribution in [2.75, 3.05) is 13.1 Å². The van der Waals surface area contributed by atoms with Gasteiger partial charge in [0.2, 0.25) is 0 Å². The molecule has 0 atom stereocenters. The quantitative estimate of drug-likeness (QED) is 0.848. The minimum atomic E-state index is -3.50. The van der Waals surface area contributed by atoms with E-state index < -0.39 is 10.0 Å². The van der Waals surface area contributed by atoms with Crippen molar-refractivity contribution in [2.24, 2.45) is 5.92 Å². The van der Waals surface area contributed by atoms with Crippen LogP contribution in [0.5, 0.6) is 0 Å². The molecule has 0 spiro atoms. The van der Waals surface area contributed by atoms with Gasteiger partial charge in [-0.3, -0.25) is 4.79 Å². The Morgan fingerprint density at radius 2 is 1.88 bits per heavy atom. The summed E-state index contributed by atoms with van der Waals surface area (Å²) < 4.78 is 27.3. The Bertz CT molecular complexity index is 882. The number of benzene rings is 1. The second-order valence-corrected chi connectivity index (χ2v) is 10.1. The lowest BCUT2D eigenvalue weighted by molar-refractivity contribution is 0.0955. The fourth-order valence-corrected chi connectivity index (χ4v) is 5.85. The van der Waals surface area contributed by atoms with Crippen LogP contribution in [-0.4, -0.2) is 31.7 Å². The van der Waals surface area contributed by atoms with Gasteiger partial charge in [-0.1, -0.05) is 31.2 Å². The van der Waals surface area contributed by atoms with E-state index in [0.29, 0.717) is 30.4 Å². The van der Waals surface area contributed by atoms with Gasteiger partial charge in [-0.05, 0) is 48.9 Å². The zero-order valence-electron chi connectivity index (χ0n) is 15.1. The van der Waals surface area contributed by atoms with E-state index in [1.165, 1.54) is 4.31 Å². The van der Waals surface area contributed by atoms with E-state index in [1.54, 1.807) is 12.1 Å². The van der Waals surface area contributed by atoms with Gasteiger partial charge in [-0.15, -0.1) is 11.3 Å². The van der Waals surface area contributed by atoms with Gasteiger partial charge < -0.3 is 5.32 Å². The molecule has 1 aromatic carbocycles. The Morgan fingerprint density at radius 3 is 2.58 bits per heavy atom. The van der Waals surface area contributed by atoms with Crippen molar-refractivity contribution in [3.8, 4) is 0 Å². The lowest BCUT2D eigenvalue weighted by atomic mass is 10.0. The fourth-order valence-electron chi connectivity index (χ4n) is 3.00. The number of aryl methyl sites for hydroxylation is 1. The molecule has 5 nitrogen and oxygen atoms in total. The number of nitrogens with one attached hydrogen (secondary N) is 1. The van der Waals surface area contributed by atoms with Crippen molar-refractivity contribution in [2.45, 2.75) is 37.4 Å². The van der Waals surface area contributed by atoms with Gasteiger partial charge in [-0.25, -0.2) is 8.42 Å². The van der Waals surface area contributed by atoms with E-state index in [1.807, 2.05) is 31.2 Å². The first kappa shape index (κ1) is 19.1. The van der Waals surface area contributed by atoms with Gasteiger partial charge in [0, 0.05) is 19.6 Å². The molecule has 0 radical (unpaired) electrons. The molecule has 1 N–H and O–H groups in total. The molecule has 1 aliphatic rings. The Balaban J connectivity index is 1.67. The summed E-state index contributed by atoms with van der Waals surface area (Å²) in [6.07, 6.45) is 1.77. The standard InChI is InChI=1S/C19H24N2O3S2/c1-14-9-11-21(12-10-14)26(23,24)18-8-7-17(25-18)19(22)20-13-16-6-4-3-5-15(16)2/h3-8,14H,9-13H2,1-2H3,(H,20,22). The Kier molecular flexibility index (Phi) is 5.79. The van der Waals surface area contributed by atoms with Crippen LogP contribution >= 0.6 is 11.3 Å². The second-order valence-electron chi connectivity index (χ2n) is 6.81. The number of nitrogens with zero attached hydrogens (tertiary/aromatic N) is 1. The minimum absolute atomic E-state index is 0.244. The van der Waals surface area contributed by atoms with Gasteiger partial charge in [-0.2, -0.15) is 4.31 Å². The van der Waals surface area contributed by atoms with Gasteiger partial charge in [0.15, 0.2) is 0 Å². The summed E-state index contributed by atoms with van der Waals surface area (Å²) >= 11 is 1.04. The van der Waals surface area contributed by atoms with Crippen LogP contribution in [0.1, 0.15) is 40.6 Å². The Hall–Kier alpha value is -1.70. The molecule has 3 rings (SSSR count). The summed E-state index contributed by atoms with van der Waals surface area (Å²) in [4.78, 5) is 12.8. The van der Waals surface area contributed by atoms with Crippen LogP contribution < -0.4 is 5.32 Å². The van der Waals surface area contributed by atoms with E-state index in [-0.39, 0.29) is 10.1 Å². The molecule has 0 saturated carbocycles. The third kappa shape index (κ3) is 4.16. The fraction of sp³-hybridized carbons (Fsp3) is 0.421. The number of sulfonamides is 1. The van der Waals surface area contributed by atoms with Crippen molar-refractivity contribution in [1.29, 1.82) is 0 Å². The molecule has 2 aromatic rings. The van der Waals surface area contributed by atoms with E-state index in [2.05, 4.69) is 12.2 Å². The van der Waals surface area contributed by atoms with Crippen LogP contribution in [0.25, 0.3) is 0 Å². The smallest absolute Gasteiger partial charge is 0.261 e. The maximum atomic E-state index is 12.8. The maximum absolute atomic E-state index is 12.8. The summed E-state index contributed by atoms with van der Waals surface area (Å²) in [6.45, 7) is 5.67. The highest BCUT2D eigenvalue weighted by atomic mass is 32.2. The third-order valence-corrected chi connectivity index (χ3v) is 8.29. The molecule has 1 saturated heterocycles. The molecule has 0 unspecified atom stereocenters. The number of rotatable bonds is 5. The molecule has 26 heavy (non-hydrogen) atoms. The molecular weight excluding hydrogens is 368 g/mol. The lowest BCUT2D eigenvalue weighted by Gasteiger charge is -2.28. The van der Waals surface area contributed by atoms with Crippen molar-refractivity contribution < 1.29 is 13.2 Å². The van der Waals surface area contributed by atoms with E-state index in [4.69, 9.17) is 0 Å². The van der Waals surface area contributed by atoms with Crippen LogP contribution in [-0.2, 0) is 16.6 Å². The first-order chi connectivity index (χ1) is 12.4.